The summed E-state index contributed by atoms with van der Waals surface area (Å²) in [6.45, 7) is 4.55. The van der Waals surface area contributed by atoms with Crippen molar-refractivity contribution in [3.63, 3.8) is 0 Å². The van der Waals surface area contributed by atoms with Crippen molar-refractivity contribution < 1.29 is 4.74 Å². The van der Waals surface area contributed by atoms with Crippen molar-refractivity contribution in [3.05, 3.63) is 12.2 Å². The maximum atomic E-state index is 5.75. The second-order valence-corrected chi connectivity index (χ2v) is 6.68. The Labute approximate surface area is 133 Å². The number of hydrogen-bond acceptors (Lipinski definition) is 1. The average molecular weight is 295 g/mol. The Morgan fingerprint density at radius 3 is 2.00 bits per heavy atom. The molecule has 0 radical (unpaired) electrons. The van der Waals surface area contributed by atoms with Gasteiger partial charge < -0.3 is 4.74 Å². The fraction of sp³-hybridized carbons (Fsp3) is 0.900. The van der Waals surface area contributed by atoms with Gasteiger partial charge in [0.05, 0.1) is 12.2 Å². The molecule has 1 nitrogen and oxygen atoms in total. The Hall–Kier alpha value is -0.300. The Morgan fingerprint density at radius 2 is 1.29 bits per heavy atom. The van der Waals surface area contributed by atoms with E-state index in [0.717, 1.165) is 6.42 Å². The second kappa shape index (κ2) is 13.4. The maximum absolute atomic E-state index is 5.75. The third-order valence-electron chi connectivity index (χ3n) is 4.54. The zero-order chi connectivity index (χ0) is 15.2. The summed E-state index contributed by atoms with van der Waals surface area (Å²) in [5.41, 5.74) is 0. The van der Waals surface area contributed by atoms with Crippen molar-refractivity contribution in [2.45, 2.75) is 116 Å². The molecule has 0 unspecified atom stereocenters. The zero-order valence-corrected chi connectivity index (χ0v) is 14.6. The summed E-state index contributed by atoms with van der Waals surface area (Å²) in [6.07, 6.45) is 24.9. The molecule has 0 aliphatic carbocycles. The fourth-order valence-electron chi connectivity index (χ4n) is 2.98. The molecule has 0 aromatic rings. The lowest BCUT2D eigenvalue weighted by Gasteiger charge is -2.00. The van der Waals surface area contributed by atoms with Crippen LogP contribution in [0.3, 0.4) is 0 Å². The van der Waals surface area contributed by atoms with Gasteiger partial charge >= 0.3 is 0 Å². The van der Waals surface area contributed by atoms with Crippen molar-refractivity contribution in [2.24, 2.45) is 0 Å². The van der Waals surface area contributed by atoms with Crippen molar-refractivity contribution in [2.75, 3.05) is 0 Å². The number of unbranched alkanes of at least 4 members (excludes halogenated alkanes) is 10. The van der Waals surface area contributed by atoms with Crippen LogP contribution in [-0.2, 0) is 4.74 Å². The molecule has 0 aromatic heterocycles. The van der Waals surface area contributed by atoms with Gasteiger partial charge in [0.1, 0.15) is 0 Å². The van der Waals surface area contributed by atoms with Crippen LogP contribution in [0, 0.1) is 0 Å². The summed E-state index contributed by atoms with van der Waals surface area (Å²) >= 11 is 0. The van der Waals surface area contributed by atoms with Crippen molar-refractivity contribution in [3.8, 4) is 0 Å². The monoisotopic (exact) mass is 294 g/mol. The minimum Gasteiger partial charge on any atom is -0.369 e. The molecule has 0 N–H and O–H groups in total. The van der Waals surface area contributed by atoms with E-state index in [0.29, 0.717) is 12.2 Å². The molecule has 0 spiro atoms. The molecular formula is C20H38O. The molecule has 1 aliphatic heterocycles. The molecule has 1 heteroatoms. The first-order chi connectivity index (χ1) is 10.4. The van der Waals surface area contributed by atoms with Crippen LogP contribution in [0.4, 0.5) is 0 Å². The number of ether oxygens (including phenoxy) is 1. The number of allylic oxidation sites excluding steroid dienone is 1. The Bertz CT molecular complexity index is 246. The predicted octanol–water partition coefficient (Wildman–Crippen LogP) is 6.81. The summed E-state index contributed by atoms with van der Waals surface area (Å²) in [5.74, 6) is 0. The fourth-order valence-corrected chi connectivity index (χ4v) is 2.98. The third kappa shape index (κ3) is 11.0. The number of hydrogen-bond donors (Lipinski definition) is 0. The smallest absolute Gasteiger partial charge is 0.0876 e. The van der Waals surface area contributed by atoms with E-state index >= 15 is 0 Å². The van der Waals surface area contributed by atoms with Crippen LogP contribution in [0.15, 0.2) is 12.2 Å². The topological polar surface area (TPSA) is 12.5 Å². The van der Waals surface area contributed by atoms with Crippen LogP contribution < -0.4 is 0 Å². The van der Waals surface area contributed by atoms with Crippen LogP contribution in [0.1, 0.15) is 104 Å². The van der Waals surface area contributed by atoms with Crippen molar-refractivity contribution in [1.82, 2.24) is 0 Å². The van der Waals surface area contributed by atoms with Gasteiger partial charge in [-0.05, 0) is 25.7 Å². The normalized spacial score (nSPS) is 21.2. The van der Waals surface area contributed by atoms with E-state index in [1.165, 1.54) is 83.5 Å². The molecule has 1 fully saturated rings. The Balaban J connectivity index is 1.80. The highest BCUT2D eigenvalue weighted by molar-refractivity contribution is 4.93. The number of rotatable bonds is 15. The molecule has 1 rings (SSSR count). The minimum absolute atomic E-state index is 0.553. The largest absolute Gasteiger partial charge is 0.369 e. The summed E-state index contributed by atoms with van der Waals surface area (Å²) in [4.78, 5) is 0. The van der Waals surface area contributed by atoms with Crippen LogP contribution in [0.2, 0.25) is 0 Å². The van der Waals surface area contributed by atoms with Crippen LogP contribution >= 0.6 is 0 Å². The lowest BCUT2D eigenvalue weighted by Crippen LogP contribution is -1.93. The molecule has 124 valence electrons. The van der Waals surface area contributed by atoms with Gasteiger partial charge in [-0.25, -0.2) is 0 Å². The first kappa shape index (κ1) is 18.7. The third-order valence-corrected chi connectivity index (χ3v) is 4.54. The van der Waals surface area contributed by atoms with E-state index in [4.69, 9.17) is 4.74 Å². The summed E-state index contributed by atoms with van der Waals surface area (Å²) in [6, 6.07) is 0. The van der Waals surface area contributed by atoms with Gasteiger partial charge in [-0.3, -0.25) is 0 Å². The lowest BCUT2D eigenvalue weighted by molar-refractivity contribution is 0.358. The Kier molecular flexibility index (Phi) is 11.9. The predicted molar refractivity (Wildman–Crippen MR) is 93.8 cm³/mol. The minimum atomic E-state index is 0.553. The van der Waals surface area contributed by atoms with Crippen LogP contribution in [0.25, 0.3) is 0 Å². The SMILES string of the molecule is CCCCCC=CC[C@H]1O[C@H]1CCCCCCCCCC. The summed E-state index contributed by atoms with van der Waals surface area (Å²) in [7, 11) is 0. The van der Waals surface area contributed by atoms with E-state index in [9.17, 15) is 0 Å². The molecule has 1 aliphatic rings. The average Bonchev–Trinajstić information content (AvgIpc) is 3.24. The highest BCUT2D eigenvalue weighted by Gasteiger charge is 2.36. The van der Waals surface area contributed by atoms with Gasteiger partial charge in [-0.15, -0.1) is 0 Å². The van der Waals surface area contributed by atoms with Crippen molar-refractivity contribution in [1.29, 1.82) is 0 Å². The molecule has 0 saturated carbocycles. The van der Waals surface area contributed by atoms with Gasteiger partial charge in [-0.2, -0.15) is 0 Å². The van der Waals surface area contributed by atoms with Gasteiger partial charge in [0.15, 0.2) is 0 Å². The van der Waals surface area contributed by atoms with Crippen LogP contribution in [0.5, 0.6) is 0 Å². The number of epoxide rings is 1. The van der Waals surface area contributed by atoms with Crippen LogP contribution in [-0.4, -0.2) is 12.2 Å². The zero-order valence-electron chi connectivity index (χ0n) is 14.6. The van der Waals surface area contributed by atoms with E-state index in [1.54, 1.807) is 0 Å². The standard InChI is InChI=1S/C20H38O/c1-3-5-7-9-11-12-14-16-18-20-19(21-20)17-15-13-10-8-6-4-2/h13,15,19-20H,3-12,14,16-18H2,1-2H3/t19-,20+/m1/s1. The van der Waals surface area contributed by atoms with Gasteiger partial charge in [-0.1, -0.05) is 90.2 Å². The van der Waals surface area contributed by atoms with Gasteiger partial charge in [0.25, 0.3) is 0 Å². The maximum Gasteiger partial charge on any atom is 0.0876 e. The quantitative estimate of drug-likeness (QED) is 0.183. The molecule has 0 aromatic carbocycles. The van der Waals surface area contributed by atoms with Crippen molar-refractivity contribution >= 4 is 0 Å². The lowest BCUT2D eigenvalue weighted by atomic mass is 10.1. The second-order valence-electron chi connectivity index (χ2n) is 6.68. The molecule has 21 heavy (non-hydrogen) atoms. The highest BCUT2D eigenvalue weighted by Crippen LogP contribution is 2.30. The van der Waals surface area contributed by atoms with E-state index in [1.807, 2.05) is 0 Å². The molecule has 0 bridgehead atoms. The molecule has 0 amide bonds. The summed E-state index contributed by atoms with van der Waals surface area (Å²) < 4.78 is 5.75. The highest BCUT2D eigenvalue weighted by atomic mass is 16.6. The van der Waals surface area contributed by atoms with Gasteiger partial charge in [0, 0.05) is 0 Å². The summed E-state index contributed by atoms with van der Waals surface area (Å²) in [5, 5.41) is 0. The van der Waals surface area contributed by atoms with E-state index < -0.39 is 0 Å². The molecule has 1 saturated heterocycles. The Morgan fingerprint density at radius 1 is 0.667 bits per heavy atom. The van der Waals surface area contributed by atoms with E-state index in [2.05, 4.69) is 26.0 Å². The molecule has 2 atom stereocenters. The first-order valence-electron chi connectivity index (χ1n) is 9.69. The van der Waals surface area contributed by atoms with Gasteiger partial charge in [0.2, 0.25) is 0 Å². The molecule has 1 heterocycles. The molecular weight excluding hydrogens is 256 g/mol. The first-order valence-corrected chi connectivity index (χ1v) is 9.69. The van der Waals surface area contributed by atoms with E-state index in [-0.39, 0.29) is 0 Å².